The van der Waals surface area contributed by atoms with Gasteiger partial charge in [-0.2, -0.15) is 11.8 Å². The molecular formula is C14H22N2S. The summed E-state index contributed by atoms with van der Waals surface area (Å²) in [6.07, 6.45) is 1.19. The van der Waals surface area contributed by atoms with Gasteiger partial charge >= 0.3 is 0 Å². The highest BCUT2D eigenvalue weighted by Gasteiger charge is 2.41. The number of hydrogen-bond acceptors (Lipinski definition) is 3. The Balaban J connectivity index is 2.28. The Kier molecular flexibility index (Phi) is 4.00. The monoisotopic (exact) mass is 250 g/mol. The van der Waals surface area contributed by atoms with Crippen LogP contribution in [0.4, 0.5) is 5.69 Å². The van der Waals surface area contributed by atoms with E-state index in [0.29, 0.717) is 0 Å². The maximum absolute atomic E-state index is 6.09. The molecule has 2 N–H and O–H groups in total. The summed E-state index contributed by atoms with van der Waals surface area (Å²) >= 11 is 2.05. The van der Waals surface area contributed by atoms with E-state index in [1.807, 2.05) is 11.8 Å². The SMILES string of the molecule is CCN(c1ccccc1)C1(CN)CSC(C)C1. The summed E-state index contributed by atoms with van der Waals surface area (Å²) in [4.78, 5) is 2.49. The van der Waals surface area contributed by atoms with Crippen LogP contribution in [0.5, 0.6) is 0 Å². The fraction of sp³-hybridized carbons (Fsp3) is 0.571. The van der Waals surface area contributed by atoms with E-state index >= 15 is 0 Å². The number of nitrogens with two attached hydrogens (primary N) is 1. The number of rotatable bonds is 4. The summed E-state index contributed by atoms with van der Waals surface area (Å²) in [5.74, 6) is 1.15. The molecular weight excluding hydrogens is 228 g/mol. The molecule has 1 saturated heterocycles. The summed E-state index contributed by atoms with van der Waals surface area (Å²) in [6.45, 7) is 6.29. The third-order valence-corrected chi connectivity index (χ3v) is 5.08. The second-order valence-corrected chi connectivity index (χ2v) is 6.26. The van der Waals surface area contributed by atoms with Crippen LogP contribution in [-0.4, -0.2) is 29.6 Å². The number of anilines is 1. The van der Waals surface area contributed by atoms with Gasteiger partial charge in [-0.25, -0.2) is 0 Å². The van der Waals surface area contributed by atoms with Crippen LogP contribution in [0, 0.1) is 0 Å². The Bertz CT molecular complexity index is 354. The van der Waals surface area contributed by atoms with Gasteiger partial charge in [-0.15, -0.1) is 0 Å². The topological polar surface area (TPSA) is 29.3 Å². The first-order chi connectivity index (χ1) is 8.22. The normalized spacial score (nSPS) is 28.3. The molecule has 0 bridgehead atoms. The molecule has 94 valence electrons. The van der Waals surface area contributed by atoms with Crippen molar-refractivity contribution >= 4 is 17.4 Å². The van der Waals surface area contributed by atoms with Crippen LogP contribution >= 0.6 is 11.8 Å². The van der Waals surface area contributed by atoms with Gasteiger partial charge in [-0.3, -0.25) is 0 Å². The summed E-state index contributed by atoms with van der Waals surface area (Å²) in [5.41, 5.74) is 7.54. The van der Waals surface area contributed by atoms with E-state index in [1.54, 1.807) is 0 Å². The zero-order chi connectivity index (χ0) is 12.3. The highest BCUT2D eigenvalue weighted by molar-refractivity contribution is 8.00. The zero-order valence-corrected chi connectivity index (χ0v) is 11.5. The van der Waals surface area contributed by atoms with Crippen molar-refractivity contribution in [2.75, 3.05) is 23.7 Å². The average molecular weight is 250 g/mol. The van der Waals surface area contributed by atoms with Crippen LogP contribution in [0.1, 0.15) is 20.3 Å². The number of nitrogens with zero attached hydrogens (tertiary/aromatic N) is 1. The zero-order valence-electron chi connectivity index (χ0n) is 10.7. The second-order valence-electron chi connectivity index (χ2n) is 4.83. The summed E-state index contributed by atoms with van der Waals surface area (Å²) in [5, 5.41) is 0.719. The van der Waals surface area contributed by atoms with E-state index in [-0.39, 0.29) is 5.54 Å². The highest BCUT2D eigenvalue weighted by atomic mass is 32.2. The van der Waals surface area contributed by atoms with Crippen molar-refractivity contribution in [3.8, 4) is 0 Å². The van der Waals surface area contributed by atoms with Crippen LogP contribution in [0.3, 0.4) is 0 Å². The maximum atomic E-state index is 6.09. The summed E-state index contributed by atoms with van der Waals surface area (Å²) in [6, 6.07) is 10.7. The van der Waals surface area contributed by atoms with E-state index < -0.39 is 0 Å². The Hall–Kier alpha value is -0.670. The first kappa shape index (κ1) is 12.8. The quantitative estimate of drug-likeness (QED) is 0.891. The standard InChI is InChI=1S/C14H22N2S/c1-3-16(13-7-5-4-6-8-13)14(10-15)9-12(2)17-11-14/h4-8,12H,3,9-11,15H2,1-2H3. The van der Waals surface area contributed by atoms with Crippen molar-refractivity contribution in [2.45, 2.75) is 31.1 Å². The van der Waals surface area contributed by atoms with E-state index in [2.05, 4.69) is 49.1 Å². The number of hydrogen-bond donors (Lipinski definition) is 1. The molecule has 1 aromatic carbocycles. The number of thioether (sulfide) groups is 1. The number of para-hydroxylation sites is 1. The van der Waals surface area contributed by atoms with Gasteiger partial charge in [0.05, 0.1) is 5.54 Å². The van der Waals surface area contributed by atoms with Crippen molar-refractivity contribution in [1.82, 2.24) is 0 Å². The van der Waals surface area contributed by atoms with Crippen molar-refractivity contribution in [1.29, 1.82) is 0 Å². The molecule has 1 aliphatic heterocycles. The summed E-state index contributed by atoms with van der Waals surface area (Å²) < 4.78 is 0. The van der Waals surface area contributed by atoms with Gasteiger partial charge in [0, 0.05) is 29.8 Å². The van der Waals surface area contributed by atoms with Crippen LogP contribution in [-0.2, 0) is 0 Å². The van der Waals surface area contributed by atoms with E-state index in [4.69, 9.17) is 5.73 Å². The molecule has 0 aromatic heterocycles. The fourth-order valence-electron chi connectivity index (χ4n) is 2.79. The van der Waals surface area contributed by atoms with Crippen LogP contribution < -0.4 is 10.6 Å². The molecule has 1 aromatic rings. The van der Waals surface area contributed by atoms with Crippen LogP contribution in [0.2, 0.25) is 0 Å². The van der Waals surface area contributed by atoms with Gasteiger partial charge < -0.3 is 10.6 Å². The van der Waals surface area contributed by atoms with Crippen LogP contribution in [0.15, 0.2) is 30.3 Å². The Morgan fingerprint density at radius 2 is 2.12 bits per heavy atom. The minimum absolute atomic E-state index is 0.153. The predicted octanol–water partition coefficient (Wildman–Crippen LogP) is 2.74. The molecule has 2 atom stereocenters. The van der Waals surface area contributed by atoms with Crippen molar-refractivity contribution < 1.29 is 0 Å². The molecule has 2 nitrogen and oxygen atoms in total. The van der Waals surface area contributed by atoms with Gasteiger partial charge in [-0.05, 0) is 25.5 Å². The maximum Gasteiger partial charge on any atom is 0.0624 e. The second kappa shape index (κ2) is 5.32. The molecule has 0 radical (unpaired) electrons. The molecule has 0 spiro atoms. The molecule has 1 fully saturated rings. The number of likely N-dealkylation sites (N-methyl/N-ethyl adjacent to an activating group) is 1. The highest BCUT2D eigenvalue weighted by Crippen LogP contribution is 2.39. The van der Waals surface area contributed by atoms with Gasteiger partial charge in [0.25, 0.3) is 0 Å². The molecule has 3 heteroatoms. The summed E-state index contributed by atoms with van der Waals surface area (Å²) in [7, 11) is 0. The molecule has 17 heavy (non-hydrogen) atoms. The van der Waals surface area contributed by atoms with Crippen LogP contribution in [0.25, 0.3) is 0 Å². The van der Waals surface area contributed by atoms with Gasteiger partial charge in [0.15, 0.2) is 0 Å². The van der Waals surface area contributed by atoms with E-state index in [9.17, 15) is 0 Å². The largest absolute Gasteiger partial charge is 0.364 e. The third-order valence-electron chi connectivity index (χ3n) is 3.64. The molecule has 0 aliphatic carbocycles. The fourth-order valence-corrected chi connectivity index (χ4v) is 4.21. The lowest BCUT2D eigenvalue weighted by atomic mass is 9.93. The molecule has 0 saturated carbocycles. The lowest BCUT2D eigenvalue weighted by molar-refractivity contribution is 0.430. The lowest BCUT2D eigenvalue weighted by Crippen LogP contribution is -2.54. The molecule has 0 amide bonds. The number of benzene rings is 1. The van der Waals surface area contributed by atoms with E-state index in [0.717, 1.165) is 24.1 Å². The Morgan fingerprint density at radius 3 is 2.59 bits per heavy atom. The molecule has 1 aliphatic rings. The average Bonchev–Trinajstić information content (AvgIpc) is 2.74. The first-order valence-electron chi connectivity index (χ1n) is 6.36. The molecule has 2 unspecified atom stereocenters. The molecule has 2 rings (SSSR count). The first-order valence-corrected chi connectivity index (χ1v) is 7.41. The van der Waals surface area contributed by atoms with E-state index in [1.165, 1.54) is 12.1 Å². The Labute approximate surface area is 109 Å². The third kappa shape index (κ3) is 2.45. The van der Waals surface area contributed by atoms with Gasteiger partial charge in [-0.1, -0.05) is 25.1 Å². The van der Waals surface area contributed by atoms with Crippen molar-refractivity contribution in [3.63, 3.8) is 0 Å². The predicted molar refractivity (Wildman–Crippen MR) is 77.8 cm³/mol. The van der Waals surface area contributed by atoms with Crippen molar-refractivity contribution in [2.24, 2.45) is 5.73 Å². The van der Waals surface area contributed by atoms with Crippen molar-refractivity contribution in [3.05, 3.63) is 30.3 Å². The smallest absolute Gasteiger partial charge is 0.0624 e. The minimum atomic E-state index is 0.153. The molecule has 1 heterocycles. The van der Waals surface area contributed by atoms with Gasteiger partial charge in [0.1, 0.15) is 0 Å². The Morgan fingerprint density at radius 1 is 1.41 bits per heavy atom. The van der Waals surface area contributed by atoms with Gasteiger partial charge in [0.2, 0.25) is 0 Å². The minimum Gasteiger partial charge on any atom is -0.364 e. The lowest BCUT2D eigenvalue weighted by Gasteiger charge is -2.41.